The molecular formula is C21H27N3O2. The standard InChI is InChI=1S/C21H27N3O2/c22-16-21(9-2-1-3-10-21)13-20(25)24-18-7-4-8-19(12-18)26-15-17-6-5-11-23-14-17/h4-8,11-12,14H,1-3,9-10,13,15-16,22H2,(H,24,25). The van der Waals surface area contributed by atoms with Gasteiger partial charge in [0.25, 0.3) is 0 Å². The van der Waals surface area contributed by atoms with E-state index in [0.717, 1.165) is 29.8 Å². The number of anilines is 1. The second-order valence-electron chi connectivity index (χ2n) is 7.17. The Morgan fingerprint density at radius 3 is 2.77 bits per heavy atom. The molecule has 1 aromatic heterocycles. The average molecular weight is 353 g/mol. The van der Waals surface area contributed by atoms with Crippen molar-refractivity contribution < 1.29 is 9.53 Å². The highest BCUT2D eigenvalue weighted by Gasteiger charge is 2.32. The van der Waals surface area contributed by atoms with Crippen molar-refractivity contribution in [1.29, 1.82) is 0 Å². The molecule has 1 amide bonds. The third kappa shape index (κ3) is 5.05. The number of nitrogens with one attached hydrogen (secondary N) is 1. The van der Waals surface area contributed by atoms with Crippen molar-refractivity contribution in [3.63, 3.8) is 0 Å². The van der Waals surface area contributed by atoms with Crippen molar-refractivity contribution >= 4 is 11.6 Å². The Kier molecular flexibility index (Phi) is 6.23. The molecule has 0 spiro atoms. The van der Waals surface area contributed by atoms with Crippen molar-refractivity contribution in [3.05, 3.63) is 54.4 Å². The van der Waals surface area contributed by atoms with Crippen LogP contribution in [0.2, 0.25) is 0 Å². The van der Waals surface area contributed by atoms with Gasteiger partial charge in [0, 0.05) is 36.1 Å². The highest BCUT2D eigenvalue weighted by molar-refractivity contribution is 5.91. The second kappa shape index (κ2) is 8.81. The largest absolute Gasteiger partial charge is 0.489 e. The lowest BCUT2D eigenvalue weighted by atomic mass is 9.71. The summed E-state index contributed by atoms with van der Waals surface area (Å²) in [4.78, 5) is 16.6. The number of aromatic nitrogens is 1. The van der Waals surface area contributed by atoms with Crippen LogP contribution in [-0.2, 0) is 11.4 Å². The lowest BCUT2D eigenvalue weighted by Gasteiger charge is -2.35. The van der Waals surface area contributed by atoms with Crippen LogP contribution in [-0.4, -0.2) is 17.4 Å². The first-order chi connectivity index (χ1) is 12.7. The number of hydrogen-bond donors (Lipinski definition) is 2. The maximum absolute atomic E-state index is 12.5. The van der Waals surface area contributed by atoms with Crippen LogP contribution in [0.4, 0.5) is 5.69 Å². The minimum Gasteiger partial charge on any atom is -0.489 e. The Hall–Kier alpha value is -2.40. The van der Waals surface area contributed by atoms with E-state index in [2.05, 4.69) is 10.3 Å². The molecule has 0 radical (unpaired) electrons. The maximum Gasteiger partial charge on any atom is 0.224 e. The van der Waals surface area contributed by atoms with Crippen molar-refractivity contribution in [2.24, 2.45) is 11.1 Å². The molecule has 0 atom stereocenters. The summed E-state index contributed by atoms with van der Waals surface area (Å²) in [6.07, 6.45) is 9.69. The fraction of sp³-hybridized carbons (Fsp3) is 0.429. The van der Waals surface area contributed by atoms with Crippen LogP contribution in [0.15, 0.2) is 48.8 Å². The Bertz CT molecular complexity index is 712. The van der Waals surface area contributed by atoms with Gasteiger partial charge in [-0.25, -0.2) is 0 Å². The number of amides is 1. The third-order valence-corrected chi connectivity index (χ3v) is 5.13. The van der Waals surface area contributed by atoms with Gasteiger partial charge in [0.05, 0.1) is 0 Å². The summed E-state index contributed by atoms with van der Waals surface area (Å²) in [6, 6.07) is 11.3. The van der Waals surface area contributed by atoms with E-state index in [1.807, 2.05) is 36.4 Å². The third-order valence-electron chi connectivity index (χ3n) is 5.13. The molecule has 1 fully saturated rings. The lowest BCUT2D eigenvalue weighted by molar-refractivity contribution is -0.118. The first-order valence-corrected chi connectivity index (χ1v) is 9.31. The number of hydrogen-bond acceptors (Lipinski definition) is 4. The zero-order valence-corrected chi connectivity index (χ0v) is 15.1. The Balaban J connectivity index is 1.56. The van der Waals surface area contributed by atoms with Crippen molar-refractivity contribution in [2.45, 2.75) is 45.1 Å². The van der Waals surface area contributed by atoms with Gasteiger partial charge in [0.15, 0.2) is 0 Å². The van der Waals surface area contributed by atoms with Crippen LogP contribution < -0.4 is 15.8 Å². The van der Waals surface area contributed by atoms with E-state index in [1.165, 1.54) is 19.3 Å². The van der Waals surface area contributed by atoms with Crippen molar-refractivity contribution in [3.8, 4) is 5.75 Å². The lowest BCUT2D eigenvalue weighted by Crippen LogP contribution is -2.36. The van der Waals surface area contributed by atoms with Gasteiger partial charge in [-0.3, -0.25) is 9.78 Å². The van der Waals surface area contributed by atoms with Gasteiger partial charge >= 0.3 is 0 Å². The van der Waals surface area contributed by atoms with Gasteiger partial charge < -0.3 is 15.8 Å². The molecule has 2 aromatic rings. The summed E-state index contributed by atoms with van der Waals surface area (Å²) in [5.41, 5.74) is 7.72. The summed E-state index contributed by atoms with van der Waals surface area (Å²) in [7, 11) is 0. The fourth-order valence-corrected chi connectivity index (χ4v) is 3.61. The summed E-state index contributed by atoms with van der Waals surface area (Å²) < 4.78 is 5.79. The van der Waals surface area contributed by atoms with E-state index in [1.54, 1.807) is 12.4 Å². The van der Waals surface area contributed by atoms with Crippen LogP contribution >= 0.6 is 0 Å². The number of benzene rings is 1. The molecule has 1 heterocycles. The van der Waals surface area contributed by atoms with Crippen LogP contribution in [0, 0.1) is 5.41 Å². The quantitative estimate of drug-likeness (QED) is 0.791. The van der Waals surface area contributed by atoms with Crippen LogP contribution in [0.5, 0.6) is 5.75 Å². The van der Waals surface area contributed by atoms with Crippen molar-refractivity contribution in [1.82, 2.24) is 4.98 Å². The smallest absolute Gasteiger partial charge is 0.224 e. The first-order valence-electron chi connectivity index (χ1n) is 9.31. The number of nitrogens with zero attached hydrogens (tertiary/aromatic N) is 1. The molecule has 5 nitrogen and oxygen atoms in total. The number of carbonyl (C=O) groups excluding carboxylic acids is 1. The molecular weight excluding hydrogens is 326 g/mol. The Labute approximate surface area is 155 Å². The van der Waals surface area contributed by atoms with Gasteiger partial charge in [-0.1, -0.05) is 31.4 Å². The minimum absolute atomic E-state index is 0.0294. The van der Waals surface area contributed by atoms with Gasteiger partial charge in [-0.2, -0.15) is 0 Å². The molecule has 0 aliphatic heterocycles. The molecule has 0 bridgehead atoms. The van der Waals surface area contributed by atoms with Crippen molar-refractivity contribution in [2.75, 3.05) is 11.9 Å². The number of rotatable bonds is 7. The van der Waals surface area contributed by atoms with E-state index in [0.29, 0.717) is 19.6 Å². The number of nitrogens with two attached hydrogens (primary N) is 1. The van der Waals surface area contributed by atoms with Gasteiger partial charge in [0.2, 0.25) is 5.91 Å². The minimum atomic E-state index is -0.0310. The van der Waals surface area contributed by atoms with E-state index >= 15 is 0 Å². The van der Waals surface area contributed by atoms with E-state index in [4.69, 9.17) is 10.5 Å². The summed E-state index contributed by atoms with van der Waals surface area (Å²) >= 11 is 0. The van der Waals surface area contributed by atoms with E-state index < -0.39 is 0 Å². The molecule has 26 heavy (non-hydrogen) atoms. The zero-order chi connectivity index (χ0) is 18.2. The maximum atomic E-state index is 12.5. The Morgan fingerprint density at radius 1 is 1.19 bits per heavy atom. The molecule has 1 aliphatic rings. The number of carbonyl (C=O) groups is 1. The number of ether oxygens (including phenoxy) is 1. The molecule has 0 unspecified atom stereocenters. The van der Waals surface area contributed by atoms with Crippen LogP contribution in [0.1, 0.15) is 44.1 Å². The average Bonchev–Trinajstić information content (AvgIpc) is 2.68. The summed E-state index contributed by atoms with van der Waals surface area (Å²) in [6.45, 7) is 1.02. The predicted octanol–water partition coefficient (Wildman–Crippen LogP) is 3.90. The molecule has 5 heteroatoms. The monoisotopic (exact) mass is 353 g/mol. The normalized spacial score (nSPS) is 16.0. The molecule has 138 valence electrons. The van der Waals surface area contributed by atoms with Gasteiger partial charge in [-0.15, -0.1) is 0 Å². The molecule has 0 saturated heterocycles. The van der Waals surface area contributed by atoms with E-state index in [9.17, 15) is 4.79 Å². The van der Waals surface area contributed by atoms with Gasteiger partial charge in [0.1, 0.15) is 12.4 Å². The van der Waals surface area contributed by atoms with E-state index in [-0.39, 0.29) is 11.3 Å². The molecule has 1 aliphatic carbocycles. The number of pyridine rings is 1. The van der Waals surface area contributed by atoms with Gasteiger partial charge in [-0.05, 0) is 43.0 Å². The highest BCUT2D eigenvalue weighted by Crippen LogP contribution is 2.38. The molecule has 1 saturated carbocycles. The Morgan fingerprint density at radius 2 is 2.04 bits per heavy atom. The topological polar surface area (TPSA) is 77.2 Å². The SMILES string of the molecule is NCC1(CC(=O)Nc2cccc(OCc3cccnc3)c2)CCCCC1. The molecule has 3 N–H and O–H groups in total. The second-order valence-corrected chi connectivity index (χ2v) is 7.17. The zero-order valence-electron chi connectivity index (χ0n) is 15.1. The van der Waals surface area contributed by atoms with Crippen LogP contribution in [0.25, 0.3) is 0 Å². The molecule has 3 rings (SSSR count). The summed E-state index contributed by atoms with van der Waals surface area (Å²) in [5, 5.41) is 3.00. The summed E-state index contributed by atoms with van der Waals surface area (Å²) in [5.74, 6) is 0.750. The first kappa shape index (κ1) is 18.4. The highest BCUT2D eigenvalue weighted by atomic mass is 16.5. The van der Waals surface area contributed by atoms with Crippen LogP contribution in [0.3, 0.4) is 0 Å². The molecule has 1 aromatic carbocycles. The fourth-order valence-electron chi connectivity index (χ4n) is 3.61. The predicted molar refractivity (Wildman–Crippen MR) is 103 cm³/mol.